The molecule has 0 N–H and O–H groups in total. The van der Waals surface area contributed by atoms with Crippen LogP contribution in [0.5, 0.6) is 0 Å². The maximum Gasteiger partial charge on any atom is -0.0351 e. The fraction of sp³-hybridized carbons (Fsp3) is 0.818. The van der Waals surface area contributed by atoms with E-state index in [1.165, 1.54) is 44.9 Å². The molecule has 0 spiro atoms. The van der Waals surface area contributed by atoms with E-state index >= 15 is 0 Å². The molecular formula is C11H22. The fourth-order valence-corrected chi connectivity index (χ4v) is 0.739. The summed E-state index contributed by atoms with van der Waals surface area (Å²) in [5.74, 6) is 0. The van der Waals surface area contributed by atoms with E-state index in [-0.39, 0.29) is 0 Å². The summed E-state index contributed by atoms with van der Waals surface area (Å²) in [5.41, 5.74) is 0. The molecule has 0 bridgehead atoms. The average Bonchev–Trinajstić information content (AvgIpc) is 1.85. The zero-order valence-electron chi connectivity index (χ0n) is 8.10. The predicted octanol–water partition coefficient (Wildman–Crippen LogP) is 4.31. The van der Waals surface area contributed by atoms with Crippen LogP contribution in [0.15, 0.2) is 12.2 Å². The predicted molar refractivity (Wildman–Crippen MR) is 52.8 cm³/mol. The van der Waals surface area contributed by atoms with E-state index in [1.807, 2.05) is 0 Å². The van der Waals surface area contributed by atoms with Gasteiger partial charge in [-0.15, -0.1) is 0 Å². The Morgan fingerprint density at radius 1 is 1.09 bits per heavy atom. The van der Waals surface area contributed by atoms with Gasteiger partial charge in [-0.05, 0) is 13.3 Å². The normalized spacial score (nSPS) is 15.5. The molecule has 0 unspecified atom stereocenters. The van der Waals surface area contributed by atoms with Crippen LogP contribution < -0.4 is 0 Å². The monoisotopic (exact) mass is 154 g/mol. The maximum atomic E-state index is 2.21. The second-order valence-corrected chi connectivity index (χ2v) is 3.13. The molecule has 1 rings (SSSR count). The van der Waals surface area contributed by atoms with Gasteiger partial charge in [-0.1, -0.05) is 57.6 Å². The third-order valence-electron chi connectivity index (χ3n) is 1.96. The van der Waals surface area contributed by atoms with Crippen molar-refractivity contribution in [3.05, 3.63) is 12.2 Å². The van der Waals surface area contributed by atoms with Gasteiger partial charge in [-0.3, -0.25) is 0 Å². The lowest BCUT2D eigenvalue weighted by Crippen LogP contribution is -1.85. The highest BCUT2D eigenvalue weighted by Crippen LogP contribution is 2.15. The SMILES string of the molecule is C/C=C/CCCC.C1CCC1. The highest BCUT2D eigenvalue weighted by molar-refractivity contribution is 4.75. The molecule has 0 nitrogen and oxygen atoms in total. The second kappa shape index (κ2) is 9.74. The van der Waals surface area contributed by atoms with Gasteiger partial charge in [0, 0.05) is 0 Å². The molecule has 0 saturated heterocycles. The molecule has 0 aromatic rings. The van der Waals surface area contributed by atoms with Crippen LogP contribution in [-0.4, -0.2) is 0 Å². The number of hydrogen-bond donors (Lipinski definition) is 0. The van der Waals surface area contributed by atoms with Gasteiger partial charge in [0.05, 0.1) is 0 Å². The highest BCUT2D eigenvalue weighted by atomic mass is 14.0. The minimum absolute atomic E-state index is 1.26. The van der Waals surface area contributed by atoms with Crippen LogP contribution in [0.25, 0.3) is 0 Å². The topological polar surface area (TPSA) is 0 Å². The average molecular weight is 154 g/mol. The van der Waals surface area contributed by atoms with Crippen LogP contribution in [0.2, 0.25) is 0 Å². The first kappa shape index (κ1) is 10.7. The summed E-state index contributed by atoms with van der Waals surface area (Å²) in [6, 6.07) is 0. The number of allylic oxidation sites excluding steroid dienone is 2. The summed E-state index contributed by atoms with van der Waals surface area (Å²) in [4.78, 5) is 0. The van der Waals surface area contributed by atoms with E-state index < -0.39 is 0 Å². The van der Waals surface area contributed by atoms with E-state index in [4.69, 9.17) is 0 Å². The van der Waals surface area contributed by atoms with Crippen LogP contribution in [-0.2, 0) is 0 Å². The smallest absolute Gasteiger partial charge is 0.0351 e. The molecule has 0 heteroatoms. The summed E-state index contributed by atoms with van der Waals surface area (Å²) in [6.07, 6.45) is 14.2. The van der Waals surface area contributed by atoms with Gasteiger partial charge < -0.3 is 0 Å². The number of unbranched alkanes of at least 4 members (excludes halogenated alkanes) is 2. The van der Waals surface area contributed by atoms with Gasteiger partial charge >= 0.3 is 0 Å². The minimum Gasteiger partial charge on any atom is -0.0917 e. The first-order valence-electron chi connectivity index (χ1n) is 5.03. The summed E-state index contributed by atoms with van der Waals surface area (Å²) in [6.45, 7) is 4.28. The summed E-state index contributed by atoms with van der Waals surface area (Å²) in [7, 11) is 0. The Morgan fingerprint density at radius 3 is 1.91 bits per heavy atom. The molecule has 0 atom stereocenters. The zero-order valence-corrected chi connectivity index (χ0v) is 8.10. The third-order valence-corrected chi connectivity index (χ3v) is 1.96. The van der Waals surface area contributed by atoms with Crippen molar-refractivity contribution in [1.82, 2.24) is 0 Å². The molecule has 66 valence electrons. The molecular weight excluding hydrogens is 132 g/mol. The van der Waals surface area contributed by atoms with Crippen molar-refractivity contribution < 1.29 is 0 Å². The molecule has 1 aliphatic carbocycles. The Balaban J connectivity index is 0.000000207. The van der Waals surface area contributed by atoms with Gasteiger partial charge in [0.1, 0.15) is 0 Å². The van der Waals surface area contributed by atoms with Gasteiger partial charge in [-0.25, -0.2) is 0 Å². The van der Waals surface area contributed by atoms with E-state index in [0.29, 0.717) is 0 Å². The van der Waals surface area contributed by atoms with Crippen molar-refractivity contribution >= 4 is 0 Å². The van der Waals surface area contributed by atoms with Crippen molar-refractivity contribution in [3.8, 4) is 0 Å². The molecule has 0 aromatic carbocycles. The van der Waals surface area contributed by atoms with Crippen LogP contribution >= 0.6 is 0 Å². The Morgan fingerprint density at radius 2 is 1.64 bits per heavy atom. The second-order valence-electron chi connectivity index (χ2n) is 3.13. The Labute approximate surface area is 71.7 Å². The van der Waals surface area contributed by atoms with Gasteiger partial charge in [0.15, 0.2) is 0 Å². The maximum absolute atomic E-state index is 2.21. The molecule has 1 saturated carbocycles. The summed E-state index contributed by atoms with van der Waals surface area (Å²) >= 11 is 0. The molecule has 0 aliphatic heterocycles. The lowest BCUT2D eigenvalue weighted by atomic mass is 10.0. The summed E-state index contributed by atoms with van der Waals surface area (Å²) in [5, 5.41) is 0. The van der Waals surface area contributed by atoms with Crippen molar-refractivity contribution in [2.75, 3.05) is 0 Å². The fourth-order valence-electron chi connectivity index (χ4n) is 0.739. The van der Waals surface area contributed by atoms with Gasteiger partial charge in [0.25, 0.3) is 0 Å². The largest absolute Gasteiger partial charge is 0.0917 e. The van der Waals surface area contributed by atoms with Crippen molar-refractivity contribution in [3.63, 3.8) is 0 Å². The Bertz CT molecular complexity index is 74.0. The van der Waals surface area contributed by atoms with Crippen molar-refractivity contribution in [2.45, 2.75) is 58.8 Å². The Kier molecular flexibility index (Phi) is 9.51. The van der Waals surface area contributed by atoms with Gasteiger partial charge in [0.2, 0.25) is 0 Å². The Hall–Kier alpha value is -0.260. The molecule has 1 aliphatic rings. The van der Waals surface area contributed by atoms with Crippen LogP contribution in [0.3, 0.4) is 0 Å². The number of rotatable bonds is 3. The zero-order chi connectivity index (χ0) is 8.36. The van der Waals surface area contributed by atoms with Crippen LogP contribution in [0.4, 0.5) is 0 Å². The molecule has 0 heterocycles. The van der Waals surface area contributed by atoms with Crippen molar-refractivity contribution in [2.24, 2.45) is 0 Å². The van der Waals surface area contributed by atoms with E-state index in [0.717, 1.165) is 0 Å². The third kappa shape index (κ3) is 9.74. The van der Waals surface area contributed by atoms with Crippen LogP contribution in [0, 0.1) is 0 Å². The van der Waals surface area contributed by atoms with Crippen LogP contribution in [0.1, 0.15) is 58.8 Å². The molecule has 0 aromatic heterocycles. The lowest BCUT2D eigenvalue weighted by molar-refractivity contribution is 0.504. The standard InChI is InChI=1S/C7H14.C4H8/c1-3-5-7-6-4-2;1-2-4-3-1/h3,5H,4,6-7H2,1-2H3;1-4H2/b5-3+;. The minimum atomic E-state index is 1.26. The van der Waals surface area contributed by atoms with E-state index in [1.54, 1.807) is 0 Å². The molecule has 0 amide bonds. The van der Waals surface area contributed by atoms with Gasteiger partial charge in [-0.2, -0.15) is 0 Å². The first-order valence-corrected chi connectivity index (χ1v) is 5.03. The number of hydrogen-bond acceptors (Lipinski definition) is 0. The van der Waals surface area contributed by atoms with E-state index in [9.17, 15) is 0 Å². The summed E-state index contributed by atoms with van der Waals surface area (Å²) < 4.78 is 0. The van der Waals surface area contributed by atoms with Crippen molar-refractivity contribution in [1.29, 1.82) is 0 Å². The van der Waals surface area contributed by atoms with E-state index in [2.05, 4.69) is 26.0 Å². The highest BCUT2D eigenvalue weighted by Gasteiger charge is 1.95. The quantitative estimate of drug-likeness (QED) is 0.419. The lowest BCUT2D eigenvalue weighted by Gasteiger charge is -2.05. The molecule has 0 radical (unpaired) electrons. The molecule has 1 fully saturated rings. The first-order chi connectivity index (χ1) is 5.41. The molecule has 11 heavy (non-hydrogen) atoms.